The second-order valence-corrected chi connectivity index (χ2v) is 7.02. The quantitative estimate of drug-likeness (QED) is 0.800. The number of hydrogen-bond acceptors (Lipinski definition) is 4. The molecule has 0 spiro atoms. The molecule has 2 bridgehead atoms. The Morgan fingerprint density at radius 2 is 1.95 bits per heavy atom. The highest BCUT2D eigenvalue weighted by Gasteiger charge is 2.39. The van der Waals surface area contributed by atoms with Gasteiger partial charge in [-0.15, -0.1) is 12.4 Å². The summed E-state index contributed by atoms with van der Waals surface area (Å²) in [6.45, 7) is 2.41. The third-order valence-electron chi connectivity index (χ3n) is 5.31. The summed E-state index contributed by atoms with van der Waals surface area (Å²) in [5.74, 6) is 1.63. The molecule has 1 aliphatic heterocycles. The minimum Gasteiger partial charge on any atom is -0.381 e. The van der Waals surface area contributed by atoms with Gasteiger partial charge in [-0.1, -0.05) is 6.42 Å². The van der Waals surface area contributed by atoms with Crippen molar-refractivity contribution in [1.29, 1.82) is 0 Å². The van der Waals surface area contributed by atoms with E-state index < -0.39 is 0 Å². The standard InChI is InChI=1S/C16H28N2O3.ClH/c17-14-6-12-2-1-3-13(7-14)16(12)18-15(19)10-21-9-11-4-5-20-8-11;/h11-14,16H,1-10,17H2,(H,18,19);1H. The molecular weight excluding hydrogens is 304 g/mol. The molecule has 3 fully saturated rings. The molecule has 2 saturated carbocycles. The second-order valence-electron chi connectivity index (χ2n) is 7.02. The molecule has 2 aliphatic carbocycles. The van der Waals surface area contributed by atoms with E-state index in [0.717, 1.165) is 32.5 Å². The average Bonchev–Trinajstić information content (AvgIpc) is 2.93. The molecule has 22 heavy (non-hydrogen) atoms. The molecule has 3 rings (SSSR count). The molecule has 3 aliphatic rings. The maximum Gasteiger partial charge on any atom is 0.246 e. The van der Waals surface area contributed by atoms with E-state index in [1.165, 1.54) is 19.3 Å². The molecule has 0 aromatic heterocycles. The van der Waals surface area contributed by atoms with Crippen molar-refractivity contribution in [3.8, 4) is 0 Å². The maximum absolute atomic E-state index is 12.1. The van der Waals surface area contributed by atoms with Crippen LogP contribution in [0.15, 0.2) is 0 Å². The van der Waals surface area contributed by atoms with Gasteiger partial charge in [0.25, 0.3) is 0 Å². The highest BCUT2D eigenvalue weighted by Crippen LogP contribution is 2.39. The zero-order valence-corrected chi connectivity index (χ0v) is 14.0. The van der Waals surface area contributed by atoms with Crippen molar-refractivity contribution in [3.63, 3.8) is 0 Å². The van der Waals surface area contributed by atoms with Crippen LogP contribution in [0.1, 0.15) is 38.5 Å². The second kappa shape index (κ2) is 8.48. The van der Waals surface area contributed by atoms with E-state index in [0.29, 0.717) is 36.4 Å². The van der Waals surface area contributed by atoms with E-state index in [-0.39, 0.29) is 24.9 Å². The highest BCUT2D eigenvalue weighted by molar-refractivity contribution is 5.85. The van der Waals surface area contributed by atoms with Gasteiger partial charge in [0.05, 0.1) is 13.2 Å². The first-order valence-corrected chi connectivity index (χ1v) is 8.43. The van der Waals surface area contributed by atoms with Crippen LogP contribution in [-0.2, 0) is 14.3 Å². The SMILES string of the molecule is Cl.NC1CC2CCCC(C1)C2NC(=O)COCC1CCOC1. The molecular formula is C16H29ClN2O3. The Morgan fingerprint density at radius 1 is 1.23 bits per heavy atom. The zero-order chi connectivity index (χ0) is 14.7. The molecule has 1 heterocycles. The van der Waals surface area contributed by atoms with Crippen molar-refractivity contribution in [2.75, 3.05) is 26.4 Å². The number of carbonyl (C=O) groups is 1. The third kappa shape index (κ3) is 4.57. The van der Waals surface area contributed by atoms with Crippen molar-refractivity contribution >= 4 is 18.3 Å². The minimum absolute atomic E-state index is 0. The first-order chi connectivity index (χ1) is 10.2. The Labute approximate surface area is 139 Å². The smallest absolute Gasteiger partial charge is 0.246 e. The summed E-state index contributed by atoms with van der Waals surface area (Å²) in [6, 6.07) is 0.650. The van der Waals surface area contributed by atoms with Crippen LogP contribution in [0.4, 0.5) is 0 Å². The molecule has 3 N–H and O–H groups in total. The molecule has 1 saturated heterocycles. The van der Waals surface area contributed by atoms with E-state index in [1.807, 2.05) is 0 Å². The Morgan fingerprint density at radius 3 is 2.59 bits per heavy atom. The van der Waals surface area contributed by atoms with E-state index in [2.05, 4.69) is 5.32 Å². The van der Waals surface area contributed by atoms with Crippen LogP contribution in [0.25, 0.3) is 0 Å². The molecule has 5 nitrogen and oxygen atoms in total. The summed E-state index contributed by atoms with van der Waals surface area (Å²) < 4.78 is 10.9. The van der Waals surface area contributed by atoms with Crippen LogP contribution in [0.2, 0.25) is 0 Å². The molecule has 0 aromatic carbocycles. The summed E-state index contributed by atoms with van der Waals surface area (Å²) in [6.07, 6.45) is 6.85. The monoisotopic (exact) mass is 332 g/mol. The zero-order valence-electron chi connectivity index (χ0n) is 13.2. The lowest BCUT2D eigenvalue weighted by molar-refractivity contribution is -0.128. The number of halogens is 1. The van der Waals surface area contributed by atoms with Crippen LogP contribution in [0.5, 0.6) is 0 Å². The van der Waals surface area contributed by atoms with Gasteiger partial charge in [-0.3, -0.25) is 4.79 Å². The highest BCUT2D eigenvalue weighted by atomic mass is 35.5. The predicted molar refractivity (Wildman–Crippen MR) is 87.0 cm³/mol. The van der Waals surface area contributed by atoms with Gasteiger partial charge < -0.3 is 20.5 Å². The van der Waals surface area contributed by atoms with Crippen molar-refractivity contribution in [1.82, 2.24) is 5.32 Å². The van der Waals surface area contributed by atoms with Gasteiger partial charge in [-0.2, -0.15) is 0 Å². The summed E-state index contributed by atoms with van der Waals surface area (Å²) in [7, 11) is 0. The summed E-state index contributed by atoms with van der Waals surface area (Å²) in [4.78, 5) is 12.1. The van der Waals surface area contributed by atoms with E-state index in [1.54, 1.807) is 0 Å². The maximum atomic E-state index is 12.1. The van der Waals surface area contributed by atoms with Crippen molar-refractivity contribution in [3.05, 3.63) is 0 Å². The van der Waals surface area contributed by atoms with Gasteiger partial charge >= 0.3 is 0 Å². The number of carbonyl (C=O) groups excluding carboxylic acids is 1. The topological polar surface area (TPSA) is 73.6 Å². The summed E-state index contributed by atoms with van der Waals surface area (Å²) >= 11 is 0. The van der Waals surface area contributed by atoms with Crippen molar-refractivity contribution in [2.45, 2.75) is 50.6 Å². The molecule has 1 amide bonds. The third-order valence-corrected chi connectivity index (χ3v) is 5.31. The Hall–Kier alpha value is -0.360. The first kappa shape index (κ1) is 18.0. The molecule has 0 aromatic rings. The lowest BCUT2D eigenvalue weighted by Crippen LogP contribution is -2.54. The van der Waals surface area contributed by atoms with Gasteiger partial charge in [0, 0.05) is 24.6 Å². The molecule has 128 valence electrons. The fourth-order valence-electron chi connectivity index (χ4n) is 4.29. The largest absolute Gasteiger partial charge is 0.381 e. The van der Waals surface area contributed by atoms with Gasteiger partial charge in [0.15, 0.2) is 0 Å². The number of fused-ring (bicyclic) bond motifs is 2. The number of amides is 1. The van der Waals surface area contributed by atoms with Crippen LogP contribution in [0.3, 0.4) is 0 Å². The summed E-state index contributed by atoms with van der Waals surface area (Å²) in [5.41, 5.74) is 6.12. The lowest BCUT2D eigenvalue weighted by Gasteiger charge is -2.45. The van der Waals surface area contributed by atoms with Crippen LogP contribution >= 0.6 is 12.4 Å². The van der Waals surface area contributed by atoms with Crippen LogP contribution < -0.4 is 11.1 Å². The van der Waals surface area contributed by atoms with Crippen molar-refractivity contribution < 1.29 is 14.3 Å². The molecule has 3 unspecified atom stereocenters. The number of ether oxygens (including phenoxy) is 2. The van der Waals surface area contributed by atoms with E-state index >= 15 is 0 Å². The van der Waals surface area contributed by atoms with Crippen LogP contribution in [-0.4, -0.2) is 44.4 Å². The minimum atomic E-state index is 0. The molecule has 6 heteroatoms. The number of nitrogens with one attached hydrogen (secondary N) is 1. The van der Waals surface area contributed by atoms with E-state index in [9.17, 15) is 4.79 Å². The van der Waals surface area contributed by atoms with Crippen LogP contribution in [0, 0.1) is 17.8 Å². The number of hydrogen-bond donors (Lipinski definition) is 2. The van der Waals surface area contributed by atoms with E-state index in [4.69, 9.17) is 15.2 Å². The Balaban J connectivity index is 0.00000176. The lowest BCUT2D eigenvalue weighted by atomic mass is 9.67. The fourth-order valence-corrected chi connectivity index (χ4v) is 4.29. The fraction of sp³-hybridized carbons (Fsp3) is 0.938. The summed E-state index contributed by atoms with van der Waals surface area (Å²) in [5, 5.41) is 3.22. The Bertz CT molecular complexity index is 349. The predicted octanol–water partition coefficient (Wildman–Crippen LogP) is 1.48. The normalized spacial score (nSPS) is 37.4. The van der Waals surface area contributed by atoms with Gasteiger partial charge in [0.2, 0.25) is 5.91 Å². The Kier molecular flexibility index (Phi) is 6.93. The average molecular weight is 333 g/mol. The molecule has 3 atom stereocenters. The van der Waals surface area contributed by atoms with Gasteiger partial charge in [-0.05, 0) is 43.9 Å². The molecule has 0 radical (unpaired) electrons. The number of nitrogens with two attached hydrogens (primary N) is 1. The van der Waals surface area contributed by atoms with Gasteiger partial charge in [-0.25, -0.2) is 0 Å². The first-order valence-electron chi connectivity index (χ1n) is 8.43. The van der Waals surface area contributed by atoms with Crippen molar-refractivity contribution in [2.24, 2.45) is 23.5 Å². The number of rotatable bonds is 5. The van der Waals surface area contributed by atoms with Gasteiger partial charge in [0.1, 0.15) is 6.61 Å².